The van der Waals surface area contributed by atoms with E-state index in [2.05, 4.69) is 15.3 Å². The van der Waals surface area contributed by atoms with Crippen molar-refractivity contribution in [3.05, 3.63) is 36.4 Å². The average Bonchev–Trinajstić information content (AvgIpc) is 2.97. The van der Waals surface area contributed by atoms with E-state index in [0.29, 0.717) is 17.5 Å². The Morgan fingerprint density at radius 2 is 1.86 bits per heavy atom. The van der Waals surface area contributed by atoms with Gasteiger partial charge in [-0.2, -0.15) is 0 Å². The summed E-state index contributed by atoms with van der Waals surface area (Å²) in [6, 6.07) is 11.5. The highest BCUT2D eigenvalue weighted by molar-refractivity contribution is 5.60. The molecule has 0 amide bonds. The van der Waals surface area contributed by atoms with Gasteiger partial charge in [0, 0.05) is 11.6 Å². The standard InChI is InChI=1S/C16H20N4O/c17-13-10-14(20-16(11-21)8-4-5-9-16)19-15(18-13)12-6-2-1-3-7-12/h1-3,6-7,10,21H,4-5,8-9,11H2,(H3,17,18,19,20). The molecule has 1 fully saturated rings. The van der Waals surface area contributed by atoms with Gasteiger partial charge in [-0.25, -0.2) is 9.97 Å². The quantitative estimate of drug-likeness (QED) is 0.803. The molecule has 2 aromatic rings. The van der Waals surface area contributed by atoms with E-state index < -0.39 is 0 Å². The second-order valence-corrected chi connectivity index (χ2v) is 5.64. The predicted octanol–water partition coefficient (Wildman–Crippen LogP) is 2.44. The Bertz CT molecular complexity index is 609. The first-order valence-electron chi connectivity index (χ1n) is 7.30. The van der Waals surface area contributed by atoms with Crippen LogP contribution in [0.15, 0.2) is 36.4 Å². The lowest BCUT2D eigenvalue weighted by Crippen LogP contribution is -2.39. The van der Waals surface area contributed by atoms with Crippen molar-refractivity contribution < 1.29 is 5.11 Å². The topological polar surface area (TPSA) is 84.1 Å². The van der Waals surface area contributed by atoms with Gasteiger partial charge in [-0.3, -0.25) is 0 Å². The molecule has 0 unspecified atom stereocenters. The number of nitrogens with one attached hydrogen (secondary N) is 1. The zero-order chi connectivity index (χ0) is 14.7. The third-order valence-electron chi connectivity index (χ3n) is 4.03. The van der Waals surface area contributed by atoms with Gasteiger partial charge in [-0.1, -0.05) is 43.2 Å². The Hall–Kier alpha value is -2.14. The Morgan fingerprint density at radius 1 is 1.14 bits per heavy atom. The SMILES string of the molecule is Nc1cc(NC2(CO)CCCC2)nc(-c2ccccc2)n1. The Labute approximate surface area is 124 Å². The maximum absolute atomic E-state index is 9.70. The van der Waals surface area contributed by atoms with E-state index in [4.69, 9.17) is 5.73 Å². The monoisotopic (exact) mass is 284 g/mol. The molecule has 1 aliphatic rings. The van der Waals surface area contributed by atoms with E-state index in [1.54, 1.807) is 6.07 Å². The van der Waals surface area contributed by atoms with Crippen LogP contribution in [0.1, 0.15) is 25.7 Å². The first-order chi connectivity index (χ1) is 10.2. The lowest BCUT2D eigenvalue weighted by molar-refractivity contribution is 0.214. The molecule has 0 spiro atoms. The van der Waals surface area contributed by atoms with Crippen molar-refractivity contribution in [2.75, 3.05) is 17.7 Å². The number of aliphatic hydroxyl groups is 1. The molecule has 0 saturated heterocycles. The number of nitrogen functional groups attached to an aromatic ring is 1. The van der Waals surface area contributed by atoms with E-state index in [1.807, 2.05) is 30.3 Å². The van der Waals surface area contributed by atoms with E-state index in [0.717, 1.165) is 31.2 Å². The molecule has 5 nitrogen and oxygen atoms in total. The molecular formula is C16H20N4O. The number of benzene rings is 1. The summed E-state index contributed by atoms with van der Waals surface area (Å²) >= 11 is 0. The average molecular weight is 284 g/mol. The number of hydrogen-bond acceptors (Lipinski definition) is 5. The molecular weight excluding hydrogens is 264 g/mol. The number of hydrogen-bond donors (Lipinski definition) is 3. The van der Waals surface area contributed by atoms with Crippen LogP contribution in [-0.4, -0.2) is 27.2 Å². The second-order valence-electron chi connectivity index (χ2n) is 5.64. The molecule has 4 N–H and O–H groups in total. The van der Waals surface area contributed by atoms with Gasteiger partial charge < -0.3 is 16.2 Å². The molecule has 0 atom stereocenters. The van der Waals surface area contributed by atoms with Gasteiger partial charge in [-0.15, -0.1) is 0 Å². The van der Waals surface area contributed by atoms with Gasteiger partial charge in [0.05, 0.1) is 12.1 Å². The summed E-state index contributed by atoms with van der Waals surface area (Å²) in [5, 5.41) is 13.1. The van der Waals surface area contributed by atoms with Gasteiger partial charge in [0.15, 0.2) is 5.82 Å². The molecule has 1 aromatic carbocycles. The summed E-state index contributed by atoms with van der Waals surface area (Å²) in [7, 11) is 0. The van der Waals surface area contributed by atoms with Crippen LogP contribution in [-0.2, 0) is 0 Å². The normalized spacial score (nSPS) is 16.8. The minimum Gasteiger partial charge on any atom is -0.394 e. The summed E-state index contributed by atoms with van der Waals surface area (Å²) in [5.74, 6) is 1.71. The zero-order valence-electron chi connectivity index (χ0n) is 11.9. The van der Waals surface area contributed by atoms with E-state index >= 15 is 0 Å². The molecule has 1 aromatic heterocycles. The molecule has 1 aliphatic carbocycles. The number of nitrogens with zero attached hydrogens (tertiary/aromatic N) is 2. The van der Waals surface area contributed by atoms with E-state index in [1.165, 1.54) is 0 Å². The zero-order valence-corrected chi connectivity index (χ0v) is 11.9. The minimum absolute atomic E-state index is 0.109. The van der Waals surface area contributed by atoms with Crippen molar-refractivity contribution in [2.24, 2.45) is 0 Å². The van der Waals surface area contributed by atoms with Crippen molar-refractivity contribution in [2.45, 2.75) is 31.2 Å². The first-order valence-corrected chi connectivity index (χ1v) is 7.30. The second kappa shape index (κ2) is 5.69. The van der Waals surface area contributed by atoms with Crippen LogP contribution < -0.4 is 11.1 Å². The number of nitrogens with two attached hydrogens (primary N) is 1. The first kappa shape index (κ1) is 13.8. The summed E-state index contributed by atoms with van der Waals surface area (Å²) in [4.78, 5) is 8.84. The van der Waals surface area contributed by atoms with Crippen molar-refractivity contribution in [1.29, 1.82) is 0 Å². The molecule has 3 rings (SSSR count). The predicted molar refractivity (Wildman–Crippen MR) is 83.8 cm³/mol. The van der Waals surface area contributed by atoms with Crippen molar-refractivity contribution in [1.82, 2.24) is 9.97 Å². The smallest absolute Gasteiger partial charge is 0.163 e. The third-order valence-corrected chi connectivity index (χ3v) is 4.03. The summed E-state index contributed by atoms with van der Waals surface area (Å²) in [6.45, 7) is 0.109. The molecule has 21 heavy (non-hydrogen) atoms. The fourth-order valence-electron chi connectivity index (χ4n) is 2.89. The van der Waals surface area contributed by atoms with Gasteiger partial charge in [0.25, 0.3) is 0 Å². The molecule has 5 heteroatoms. The van der Waals surface area contributed by atoms with Crippen LogP contribution in [0.5, 0.6) is 0 Å². The van der Waals surface area contributed by atoms with Crippen LogP contribution >= 0.6 is 0 Å². The van der Waals surface area contributed by atoms with Gasteiger partial charge in [0.2, 0.25) is 0 Å². The molecule has 1 saturated carbocycles. The highest BCUT2D eigenvalue weighted by atomic mass is 16.3. The molecule has 1 heterocycles. The number of anilines is 2. The van der Waals surface area contributed by atoms with Crippen LogP contribution in [0.25, 0.3) is 11.4 Å². The van der Waals surface area contributed by atoms with Crippen LogP contribution in [0, 0.1) is 0 Å². The molecule has 110 valence electrons. The van der Waals surface area contributed by atoms with Gasteiger partial charge in [0.1, 0.15) is 11.6 Å². The Balaban J connectivity index is 1.91. The summed E-state index contributed by atoms with van der Waals surface area (Å²) < 4.78 is 0. The highest BCUT2D eigenvalue weighted by Gasteiger charge is 2.33. The number of aromatic nitrogens is 2. The Kier molecular flexibility index (Phi) is 3.75. The fraction of sp³-hybridized carbons (Fsp3) is 0.375. The fourth-order valence-corrected chi connectivity index (χ4v) is 2.89. The van der Waals surface area contributed by atoms with E-state index in [9.17, 15) is 5.11 Å². The maximum Gasteiger partial charge on any atom is 0.163 e. The summed E-state index contributed by atoms with van der Waals surface area (Å²) in [5.41, 5.74) is 6.56. The van der Waals surface area contributed by atoms with Crippen molar-refractivity contribution >= 4 is 11.6 Å². The summed E-state index contributed by atoms with van der Waals surface area (Å²) in [6.07, 6.45) is 4.15. The highest BCUT2D eigenvalue weighted by Crippen LogP contribution is 2.33. The van der Waals surface area contributed by atoms with Gasteiger partial charge >= 0.3 is 0 Å². The Morgan fingerprint density at radius 3 is 2.52 bits per heavy atom. The molecule has 0 radical (unpaired) electrons. The number of rotatable bonds is 4. The minimum atomic E-state index is -0.269. The molecule has 0 bridgehead atoms. The van der Waals surface area contributed by atoms with Gasteiger partial charge in [-0.05, 0) is 12.8 Å². The third kappa shape index (κ3) is 2.97. The van der Waals surface area contributed by atoms with Crippen LogP contribution in [0.3, 0.4) is 0 Å². The van der Waals surface area contributed by atoms with Crippen LogP contribution in [0.2, 0.25) is 0 Å². The van der Waals surface area contributed by atoms with Crippen molar-refractivity contribution in [3.63, 3.8) is 0 Å². The van der Waals surface area contributed by atoms with Crippen LogP contribution in [0.4, 0.5) is 11.6 Å². The number of aliphatic hydroxyl groups excluding tert-OH is 1. The van der Waals surface area contributed by atoms with E-state index in [-0.39, 0.29) is 12.1 Å². The lowest BCUT2D eigenvalue weighted by Gasteiger charge is -2.28. The largest absolute Gasteiger partial charge is 0.394 e. The maximum atomic E-state index is 9.70. The lowest BCUT2D eigenvalue weighted by atomic mass is 9.99. The van der Waals surface area contributed by atoms with Crippen molar-refractivity contribution in [3.8, 4) is 11.4 Å². The molecule has 0 aliphatic heterocycles.